The zero-order chi connectivity index (χ0) is 14.2. The van der Waals surface area contributed by atoms with Gasteiger partial charge in [-0.05, 0) is 60.3 Å². The van der Waals surface area contributed by atoms with Gasteiger partial charge in [0, 0.05) is 12.2 Å². The Morgan fingerprint density at radius 1 is 1.32 bits per heavy atom. The Labute approximate surface area is 121 Å². The Morgan fingerprint density at radius 3 is 2.58 bits per heavy atom. The Kier molecular flexibility index (Phi) is 4.09. The van der Waals surface area contributed by atoms with Crippen LogP contribution >= 0.6 is 15.9 Å². The summed E-state index contributed by atoms with van der Waals surface area (Å²) < 4.78 is 14.9. The van der Waals surface area contributed by atoms with Crippen LogP contribution < -0.4 is 5.32 Å². The van der Waals surface area contributed by atoms with E-state index < -0.39 is 0 Å². The predicted octanol–water partition coefficient (Wildman–Crippen LogP) is 4.75. The summed E-state index contributed by atoms with van der Waals surface area (Å²) in [6, 6.07) is 1.79. The number of fused-ring (bicyclic) bond motifs is 1. The van der Waals surface area contributed by atoms with Gasteiger partial charge < -0.3 is 5.32 Å². The van der Waals surface area contributed by atoms with Crippen molar-refractivity contribution in [2.75, 3.05) is 11.9 Å². The topological polar surface area (TPSA) is 24.9 Å². The first-order chi connectivity index (χ1) is 9.01. The normalized spacial score (nSPS) is 11.1. The number of anilines is 1. The molecule has 1 aromatic carbocycles. The van der Waals surface area contributed by atoms with Crippen molar-refractivity contribution >= 4 is 32.5 Å². The Balaban J connectivity index is 2.96. The lowest BCUT2D eigenvalue weighted by Gasteiger charge is -2.17. The van der Waals surface area contributed by atoms with Crippen LogP contribution in [0.1, 0.15) is 30.7 Å². The van der Waals surface area contributed by atoms with Crippen molar-refractivity contribution < 1.29 is 4.39 Å². The standard InChI is InChI=1S/C15H18BrFN2/c1-5-11-9(4)15(18-6-2)12-13(17)10(16)7-8(3)14(12)19-11/h7H,5-6H2,1-4H3,(H,18,19). The first-order valence-electron chi connectivity index (χ1n) is 6.52. The highest BCUT2D eigenvalue weighted by Crippen LogP contribution is 2.35. The number of hydrogen-bond acceptors (Lipinski definition) is 2. The monoisotopic (exact) mass is 324 g/mol. The fourth-order valence-electron chi connectivity index (χ4n) is 2.41. The third kappa shape index (κ3) is 2.34. The van der Waals surface area contributed by atoms with Crippen molar-refractivity contribution in [3.63, 3.8) is 0 Å². The van der Waals surface area contributed by atoms with Crippen molar-refractivity contribution in [1.82, 2.24) is 4.98 Å². The van der Waals surface area contributed by atoms with Crippen molar-refractivity contribution in [2.24, 2.45) is 0 Å². The van der Waals surface area contributed by atoms with Crippen LogP contribution in [0.5, 0.6) is 0 Å². The summed E-state index contributed by atoms with van der Waals surface area (Å²) in [5.41, 5.74) is 4.66. The molecule has 2 nitrogen and oxygen atoms in total. The van der Waals surface area contributed by atoms with Gasteiger partial charge in [0.15, 0.2) is 0 Å². The van der Waals surface area contributed by atoms with E-state index in [2.05, 4.69) is 33.2 Å². The number of aryl methyl sites for hydroxylation is 2. The zero-order valence-corrected chi connectivity index (χ0v) is 13.3. The lowest BCUT2D eigenvalue weighted by molar-refractivity contribution is 0.632. The molecule has 0 saturated heterocycles. The van der Waals surface area contributed by atoms with E-state index in [9.17, 15) is 4.39 Å². The Bertz CT molecular complexity index is 638. The summed E-state index contributed by atoms with van der Waals surface area (Å²) >= 11 is 3.28. The molecule has 1 N–H and O–H groups in total. The molecule has 0 unspecified atom stereocenters. The van der Waals surface area contributed by atoms with Gasteiger partial charge in [-0.25, -0.2) is 4.39 Å². The van der Waals surface area contributed by atoms with Crippen LogP contribution in [-0.2, 0) is 6.42 Å². The molecule has 1 heterocycles. The van der Waals surface area contributed by atoms with Crippen LogP contribution in [0, 0.1) is 19.7 Å². The fourth-order valence-corrected chi connectivity index (χ4v) is 2.95. The summed E-state index contributed by atoms with van der Waals surface area (Å²) in [4.78, 5) is 4.64. The van der Waals surface area contributed by atoms with Crippen LogP contribution in [0.3, 0.4) is 0 Å². The lowest BCUT2D eigenvalue weighted by atomic mass is 10.0. The van der Waals surface area contributed by atoms with E-state index in [1.54, 1.807) is 6.07 Å². The van der Waals surface area contributed by atoms with E-state index in [1.165, 1.54) is 0 Å². The molecule has 0 atom stereocenters. The van der Waals surface area contributed by atoms with E-state index in [1.807, 2.05) is 20.8 Å². The largest absolute Gasteiger partial charge is 0.384 e. The highest BCUT2D eigenvalue weighted by Gasteiger charge is 2.17. The summed E-state index contributed by atoms with van der Waals surface area (Å²) in [6.45, 7) is 8.80. The third-order valence-electron chi connectivity index (χ3n) is 3.38. The molecule has 0 radical (unpaired) electrons. The second-order valence-electron chi connectivity index (χ2n) is 4.66. The number of hydrogen-bond donors (Lipinski definition) is 1. The maximum atomic E-state index is 14.5. The number of benzene rings is 1. The Hall–Kier alpha value is -1.16. The smallest absolute Gasteiger partial charge is 0.148 e. The van der Waals surface area contributed by atoms with Gasteiger partial charge in [-0.3, -0.25) is 4.98 Å². The molecule has 4 heteroatoms. The molecule has 2 aromatic rings. The molecule has 102 valence electrons. The van der Waals surface area contributed by atoms with E-state index in [4.69, 9.17) is 0 Å². The Morgan fingerprint density at radius 2 is 2.00 bits per heavy atom. The summed E-state index contributed by atoms with van der Waals surface area (Å²) in [5, 5.41) is 3.87. The van der Waals surface area contributed by atoms with Crippen molar-refractivity contribution in [3.8, 4) is 0 Å². The van der Waals surface area contributed by atoms with Gasteiger partial charge in [-0.1, -0.05) is 6.92 Å². The van der Waals surface area contributed by atoms with Gasteiger partial charge in [-0.2, -0.15) is 0 Å². The molecule has 19 heavy (non-hydrogen) atoms. The summed E-state index contributed by atoms with van der Waals surface area (Å²) in [7, 11) is 0. The maximum Gasteiger partial charge on any atom is 0.148 e. The SMILES string of the molecule is CCNc1c(C)c(CC)nc2c(C)cc(Br)c(F)c12. The predicted molar refractivity (Wildman–Crippen MR) is 82.4 cm³/mol. The van der Waals surface area contributed by atoms with Crippen LogP contribution in [0.15, 0.2) is 10.5 Å². The quantitative estimate of drug-likeness (QED) is 0.881. The van der Waals surface area contributed by atoms with Crippen LogP contribution in [0.25, 0.3) is 10.9 Å². The highest BCUT2D eigenvalue weighted by atomic mass is 79.9. The van der Waals surface area contributed by atoms with E-state index in [0.29, 0.717) is 9.86 Å². The number of nitrogens with one attached hydrogen (secondary N) is 1. The molecule has 0 aliphatic carbocycles. The maximum absolute atomic E-state index is 14.5. The van der Waals surface area contributed by atoms with E-state index in [-0.39, 0.29) is 5.82 Å². The average Bonchev–Trinajstić information content (AvgIpc) is 2.38. The summed E-state index contributed by atoms with van der Waals surface area (Å²) in [5.74, 6) is -0.241. The highest BCUT2D eigenvalue weighted by molar-refractivity contribution is 9.10. The first-order valence-corrected chi connectivity index (χ1v) is 7.32. The molecule has 2 rings (SSSR count). The molecule has 0 fully saturated rings. The molecular formula is C15H18BrFN2. The van der Waals surface area contributed by atoms with E-state index >= 15 is 0 Å². The number of aromatic nitrogens is 1. The zero-order valence-electron chi connectivity index (χ0n) is 11.7. The second kappa shape index (κ2) is 5.45. The minimum Gasteiger partial charge on any atom is -0.384 e. The second-order valence-corrected chi connectivity index (χ2v) is 5.51. The molecule has 0 spiro atoms. The minimum absolute atomic E-state index is 0.241. The van der Waals surface area contributed by atoms with Gasteiger partial charge in [0.05, 0.1) is 21.1 Å². The lowest BCUT2D eigenvalue weighted by Crippen LogP contribution is -2.06. The molecule has 0 aliphatic rings. The number of nitrogens with zero attached hydrogens (tertiary/aromatic N) is 1. The van der Waals surface area contributed by atoms with Gasteiger partial charge in [0.2, 0.25) is 0 Å². The first kappa shape index (κ1) is 14.3. The van der Waals surface area contributed by atoms with Crippen LogP contribution in [-0.4, -0.2) is 11.5 Å². The molecule has 0 bridgehead atoms. The van der Waals surface area contributed by atoms with Crippen molar-refractivity contribution in [1.29, 1.82) is 0 Å². The molecule has 0 saturated carbocycles. The van der Waals surface area contributed by atoms with Crippen LogP contribution in [0.2, 0.25) is 0 Å². The summed E-state index contributed by atoms with van der Waals surface area (Å²) in [6.07, 6.45) is 0.845. The van der Waals surface area contributed by atoms with E-state index in [0.717, 1.165) is 41.0 Å². The van der Waals surface area contributed by atoms with Gasteiger partial charge in [-0.15, -0.1) is 0 Å². The van der Waals surface area contributed by atoms with Crippen molar-refractivity contribution in [3.05, 3.63) is 33.2 Å². The van der Waals surface area contributed by atoms with Gasteiger partial charge >= 0.3 is 0 Å². The van der Waals surface area contributed by atoms with Gasteiger partial charge in [0.25, 0.3) is 0 Å². The van der Waals surface area contributed by atoms with Crippen LogP contribution in [0.4, 0.5) is 10.1 Å². The molecule has 0 amide bonds. The number of pyridine rings is 1. The molecule has 0 aliphatic heterocycles. The molecule has 1 aromatic heterocycles. The average molecular weight is 325 g/mol. The number of halogens is 2. The third-order valence-corrected chi connectivity index (χ3v) is 3.95. The fraction of sp³-hybridized carbons (Fsp3) is 0.400. The minimum atomic E-state index is -0.241. The van der Waals surface area contributed by atoms with Gasteiger partial charge in [0.1, 0.15) is 5.82 Å². The molecular weight excluding hydrogens is 307 g/mol. The number of rotatable bonds is 3. The van der Waals surface area contributed by atoms with Crippen molar-refractivity contribution in [2.45, 2.75) is 34.1 Å².